The maximum absolute atomic E-state index is 6.78. The zero-order valence-electron chi connectivity index (χ0n) is 30.8. The van der Waals surface area contributed by atoms with Gasteiger partial charge in [-0.15, -0.1) is 0 Å². The predicted molar refractivity (Wildman–Crippen MR) is 237 cm³/mol. The molecule has 0 saturated heterocycles. The van der Waals surface area contributed by atoms with Crippen molar-refractivity contribution in [1.82, 2.24) is 0 Å². The van der Waals surface area contributed by atoms with Gasteiger partial charge in [-0.25, -0.2) is 0 Å². The van der Waals surface area contributed by atoms with Crippen LogP contribution in [-0.2, 0) is 6.42 Å². The van der Waals surface area contributed by atoms with Crippen LogP contribution in [0.5, 0.6) is 0 Å². The fourth-order valence-corrected chi connectivity index (χ4v) is 8.81. The molecule has 1 aliphatic carbocycles. The van der Waals surface area contributed by atoms with Gasteiger partial charge in [-0.2, -0.15) is 0 Å². The van der Waals surface area contributed by atoms with E-state index in [-0.39, 0.29) is 0 Å². The number of anilines is 3. The van der Waals surface area contributed by atoms with Crippen LogP contribution in [0.1, 0.15) is 17.5 Å². The van der Waals surface area contributed by atoms with E-state index in [0.29, 0.717) is 0 Å². The van der Waals surface area contributed by atoms with Crippen LogP contribution in [0.4, 0.5) is 17.1 Å². The van der Waals surface area contributed by atoms with Gasteiger partial charge in [0, 0.05) is 38.8 Å². The van der Waals surface area contributed by atoms with Gasteiger partial charge in [0.1, 0.15) is 11.2 Å². The number of fused-ring (bicyclic) bond motifs is 8. The molecular weight excluding hydrogens is 679 g/mol. The van der Waals surface area contributed by atoms with Crippen LogP contribution >= 0.6 is 0 Å². The van der Waals surface area contributed by atoms with Crippen LogP contribution in [0, 0.1) is 0 Å². The molecule has 264 valence electrons. The van der Waals surface area contributed by atoms with E-state index in [9.17, 15) is 0 Å². The number of para-hydroxylation sites is 1. The Labute approximate surface area is 326 Å². The number of furan rings is 1. The van der Waals surface area contributed by atoms with Crippen LogP contribution in [0.15, 0.2) is 199 Å². The average molecular weight is 716 g/mol. The lowest BCUT2D eigenvalue weighted by Gasteiger charge is -2.27. The van der Waals surface area contributed by atoms with Crippen LogP contribution < -0.4 is 4.90 Å². The summed E-state index contributed by atoms with van der Waals surface area (Å²) in [6.45, 7) is 0. The highest BCUT2D eigenvalue weighted by atomic mass is 16.3. The number of hydrogen-bond donors (Lipinski definition) is 0. The molecule has 1 heterocycles. The van der Waals surface area contributed by atoms with Crippen molar-refractivity contribution in [2.75, 3.05) is 4.90 Å². The van der Waals surface area contributed by atoms with Crippen molar-refractivity contribution in [3.8, 4) is 33.4 Å². The third kappa shape index (κ3) is 5.41. The molecule has 0 bridgehead atoms. The van der Waals surface area contributed by atoms with Gasteiger partial charge in [-0.1, -0.05) is 158 Å². The highest BCUT2D eigenvalue weighted by Gasteiger charge is 2.19. The quantitative estimate of drug-likeness (QED) is 0.170. The molecule has 2 heteroatoms. The van der Waals surface area contributed by atoms with Gasteiger partial charge < -0.3 is 9.32 Å². The smallest absolute Gasteiger partial charge is 0.143 e. The Balaban J connectivity index is 1.06. The lowest BCUT2D eigenvalue weighted by molar-refractivity contribution is 0.674. The predicted octanol–water partition coefficient (Wildman–Crippen LogP) is 15.3. The first-order chi connectivity index (χ1) is 27.8. The third-order valence-electron chi connectivity index (χ3n) is 11.5. The molecule has 0 amide bonds. The van der Waals surface area contributed by atoms with Crippen molar-refractivity contribution in [2.45, 2.75) is 12.8 Å². The van der Waals surface area contributed by atoms with Gasteiger partial charge >= 0.3 is 0 Å². The average Bonchev–Trinajstić information content (AvgIpc) is 3.66. The summed E-state index contributed by atoms with van der Waals surface area (Å²) in [6.07, 6.45) is 6.73. The molecule has 0 aliphatic heterocycles. The zero-order valence-corrected chi connectivity index (χ0v) is 30.8. The van der Waals surface area contributed by atoms with Crippen molar-refractivity contribution in [1.29, 1.82) is 0 Å². The summed E-state index contributed by atoms with van der Waals surface area (Å²) in [7, 11) is 0. The van der Waals surface area contributed by atoms with Gasteiger partial charge in [0.05, 0.1) is 0 Å². The van der Waals surface area contributed by atoms with E-state index in [1.165, 1.54) is 44.0 Å². The Morgan fingerprint density at radius 3 is 1.89 bits per heavy atom. The first-order valence-corrected chi connectivity index (χ1v) is 19.5. The van der Waals surface area contributed by atoms with Crippen molar-refractivity contribution in [2.24, 2.45) is 0 Å². The summed E-state index contributed by atoms with van der Waals surface area (Å²) in [5, 5.41) is 7.15. The third-order valence-corrected chi connectivity index (χ3v) is 11.5. The summed E-state index contributed by atoms with van der Waals surface area (Å²) >= 11 is 0. The van der Waals surface area contributed by atoms with Gasteiger partial charge in [0.2, 0.25) is 0 Å². The molecule has 9 aromatic carbocycles. The summed E-state index contributed by atoms with van der Waals surface area (Å²) in [5.41, 5.74) is 15.0. The molecule has 10 aromatic rings. The van der Waals surface area contributed by atoms with E-state index in [1.54, 1.807) is 0 Å². The molecule has 0 unspecified atom stereocenters. The summed E-state index contributed by atoms with van der Waals surface area (Å²) in [5.74, 6) is 0. The van der Waals surface area contributed by atoms with Crippen LogP contribution in [0.25, 0.3) is 82.9 Å². The molecule has 0 spiro atoms. The number of allylic oxidation sites excluding steroid dienone is 1. The van der Waals surface area contributed by atoms with E-state index in [2.05, 4.69) is 205 Å². The number of rotatable bonds is 6. The second kappa shape index (κ2) is 13.3. The molecule has 0 fully saturated rings. The van der Waals surface area contributed by atoms with Crippen molar-refractivity contribution < 1.29 is 4.42 Å². The topological polar surface area (TPSA) is 16.4 Å². The normalized spacial score (nSPS) is 12.4. The zero-order chi connectivity index (χ0) is 37.0. The lowest BCUT2D eigenvalue weighted by atomic mass is 9.91. The first-order valence-electron chi connectivity index (χ1n) is 19.5. The van der Waals surface area contributed by atoms with Crippen LogP contribution in [0.3, 0.4) is 0 Å². The Morgan fingerprint density at radius 2 is 1.05 bits per heavy atom. The highest BCUT2D eigenvalue weighted by Crippen LogP contribution is 2.44. The van der Waals surface area contributed by atoms with E-state index in [4.69, 9.17) is 4.42 Å². The Morgan fingerprint density at radius 1 is 0.393 bits per heavy atom. The largest absolute Gasteiger partial charge is 0.455 e. The number of nitrogens with zero attached hydrogens (tertiary/aromatic N) is 1. The summed E-state index contributed by atoms with van der Waals surface area (Å²) in [4.78, 5) is 2.39. The van der Waals surface area contributed by atoms with E-state index < -0.39 is 0 Å². The first kappa shape index (κ1) is 32.3. The second-order valence-corrected chi connectivity index (χ2v) is 14.8. The molecule has 1 aliphatic rings. The Hall–Kier alpha value is -7.16. The molecule has 0 atom stereocenters. The number of aryl methyl sites for hydroxylation is 1. The lowest BCUT2D eigenvalue weighted by Crippen LogP contribution is -2.10. The van der Waals surface area contributed by atoms with E-state index in [1.807, 2.05) is 0 Å². The maximum atomic E-state index is 6.78. The highest BCUT2D eigenvalue weighted by molar-refractivity contribution is 6.20. The van der Waals surface area contributed by atoms with Gasteiger partial charge in [0.15, 0.2) is 0 Å². The summed E-state index contributed by atoms with van der Waals surface area (Å²) in [6, 6.07) is 68.1. The molecule has 56 heavy (non-hydrogen) atoms. The molecule has 2 nitrogen and oxygen atoms in total. The molecule has 11 rings (SSSR count). The van der Waals surface area contributed by atoms with E-state index >= 15 is 0 Å². The van der Waals surface area contributed by atoms with Crippen LogP contribution in [0.2, 0.25) is 0 Å². The molecule has 1 aromatic heterocycles. The van der Waals surface area contributed by atoms with Crippen molar-refractivity contribution in [3.63, 3.8) is 0 Å². The van der Waals surface area contributed by atoms with E-state index in [0.717, 1.165) is 73.9 Å². The Kier molecular flexibility index (Phi) is 7.67. The maximum Gasteiger partial charge on any atom is 0.143 e. The standard InChI is InChI=1S/C54H37NO/c1-3-13-36(14-4-1)40-18-11-19-43(33-40)55(44-31-32-46-41(34-44)26-25-38-17-7-8-20-45(38)46)42-29-27-39(28-30-42)51-35-52-50-24-12-23-47(37-15-5-2-6-16-37)53(50)56-54(52)49-22-10-9-21-48(49)51/h1-7,9-19,21-35H,8,20H2. The second-order valence-electron chi connectivity index (χ2n) is 14.8. The van der Waals surface area contributed by atoms with Gasteiger partial charge in [-0.3, -0.25) is 0 Å². The van der Waals surface area contributed by atoms with Gasteiger partial charge in [0.25, 0.3) is 0 Å². The number of benzene rings is 9. The van der Waals surface area contributed by atoms with Crippen molar-refractivity contribution >= 4 is 66.6 Å². The van der Waals surface area contributed by atoms with Gasteiger partial charge in [-0.05, 0) is 110 Å². The fraction of sp³-hybridized carbons (Fsp3) is 0.0370. The minimum absolute atomic E-state index is 0.923. The summed E-state index contributed by atoms with van der Waals surface area (Å²) < 4.78 is 6.78. The minimum Gasteiger partial charge on any atom is -0.455 e. The fourth-order valence-electron chi connectivity index (χ4n) is 8.81. The molecule has 0 radical (unpaired) electrons. The SMILES string of the molecule is C1=Cc2ccc3cc(N(c4ccc(-c5cc6c7cccc(-c8ccccc8)c7oc6c6ccccc56)cc4)c4cccc(-c5ccccc5)c4)ccc3c2CC1. The number of hydrogen-bond acceptors (Lipinski definition) is 2. The van der Waals surface area contributed by atoms with Crippen molar-refractivity contribution in [3.05, 3.63) is 205 Å². The van der Waals surface area contributed by atoms with Crippen LogP contribution in [-0.4, -0.2) is 0 Å². The molecule has 0 saturated carbocycles. The Bertz CT molecular complexity index is 3120. The molecule has 0 N–H and O–H groups in total. The minimum atomic E-state index is 0.923. The monoisotopic (exact) mass is 715 g/mol. The molecular formula is C54H37NO.